The minimum Gasteiger partial charge on any atom is -0.452 e. The van der Waals surface area contributed by atoms with E-state index in [0.29, 0.717) is 11.4 Å². The van der Waals surface area contributed by atoms with Crippen molar-refractivity contribution in [3.63, 3.8) is 0 Å². The predicted octanol–water partition coefficient (Wildman–Crippen LogP) is 2.96. The van der Waals surface area contributed by atoms with Gasteiger partial charge >= 0.3 is 0 Å². The molecule has 0 atom stereocenters. The normalized spacial score (nSPS) is 10.1. The molecule has 1 aromatic carbocycles. The van der Waals surface area contributed by atoms with Gasteiger partial charge in [-0.25, -0.2) is 9.37 Å². The Labute approximate surface area is 109 Å². The van der Waals surface area contributed by atoms with E-state index in [-0.39, 0.29) is 10.7 Å². The minimum absolute atomic E-state index is 0.110. The molecule has 2 aromatic rings. The van der Waals surface area contributed by atoms with Crippen LogP contribution in [0.2, 0.25) is 0 Å². The van der Waals surface area contributed by atoms with Crippen LogP contribution in [0.15, 0.2) is 36.5 Å². The molecule has 0 spiro atoms. The number of hydrogen-bond donors (Lipinski definition) is 1. The first-order chi connectivity index (χ1) is 8.58. The number of halogens is 1. The lowest BCUT2D eigenvalue weighted by molar-refractivity contribution is 0.439. The van der Waals surface area contributed by atoms with Crippen LogP contribution in [0.5, 0.6) is 11.5 Å². The van der Waals surface area contributed by atoms with Gasteiger partial charge in [0.15, 0.2) is 17.3 Å². The molecule has 18 heavy (non-hydrogen) atoms. The number of aryl methyl sites for hydroxylation is 1. The fraction of sp³-hybridized carbons (Fsp3) is 0.0769. The van der Waals surface area contributed by atoms with E-state index in [4.69, 9.17) is 22.7 Å². The number of hydrogen-bond acceptors (Lipinski definition) is 3. The van der Waals surface area contributed by atoms with Crippen LogP contribution >= 0.6 is 12.2 Å². The smallest absolute Gasteiger partial charge is 0.165 e. The van der Waals surface area contributed by atoms with Crippen molar-refractivity contribution in [3.05, 3.63) is 53.6 Å². The molecule has 0 fully saturated rings. The Hall–Kier alpha value is -2.01. The Morgan fingerprint density at radius 2 is 2.11 bits per heavy atom. The van der Waals surface area contributed by atoms with Crippen molar-refractivity contribution in [2.75, 3.05) is 0 Å². The zero-order valence-corrected chi connectivity index (χ0v) is 10.5. The first kappa shape index (κ1) is 12.4. The average Bonchev–Trinajstić information content (AvgIpc) is 2.34. The highest BCUT2D eigenvalue weighted by atomic mass is 32.1. The molecule has 0 bridgehead atoms. The first-order valence-electron chi connectivity index (χ1n) is 5.27. The van der Waals surface area contributed by atoms with Crippen molar-refractivity contribution in [3.8, 4) is 11.5 Å². The number of nitrogens with two attached hydrogens (primary N) is 1. The molecule has 1 heterocycles. The van der Waals surface area contributed by atoms with Gasteiger partial charge in [-0.2, -0.15) is 0 Å². The van der Waals surface area contributed by atoms with Gasteiger partial charge in [-0.3, -0.25) is 0 Å². The Kier molecular flexibility index (Phi) is 3.53. The molecule has 2 N–H and O–H groups in total. The highest BCUT2D eigenvalue weighted by molar-refractivity contribution is 7.80. The van der Waals surface area contributed by atoms with Crippen molar-refractivity contribution in [1.29, 1.82) is 0 Å². The molecular formula is C13H11FN2OS. The largest absolute Gasteiger partial charge is 0.452 e. The van der Waals surface area contributed by atoms with Gasteiger partial charge in [0.05, 0.1) is 0 Å². The Morgan fingerprint density at radius 1 is 1.33 bits per heavy atom. The van der Waals surface area contributed by atoms with Crippen LogP contribution < -0.4 is 10.5 Å². The van der Waals surface area contributed by atoms with Gasteiger partial charge in [0.2, 0.25) is 0 Å². The zero-order chi connectivity index (χ0) is 13.1. The number of aromatic nitrogens is 1. The lowest BCUT2D eigenvalue weighted by Crippen LogP contribution is -2.12. The van der Waals surface area contributed by atoms with E-state index in [0.717, 1.165) is 5.56 Å². The van der Waals surface area contributed by atoms with E-state index in [1.165, 1.54) is 6.07 Å². The molecule has 0 saturated heterocycles. The van der Waals surface area contributed by atoms with Gasteiger partial charge in [0.1, 0.15) is 10.7 Å². The molecule has 92 valence electrons. The summed E-state index contributed by atoms with van der Waals surface area (Å²) < 4.78 is 19.1. The number of pyridine rings is 1. The first-order valence-corrected chi connectivity index (χ1v) is 5.67. The lowest BCUT2D eigenvalue weighted by atomic mass is 10.2. The van der Waals surface area contributed by atoms with Gasteiger partial charge in [-0.1, -0.05) is 18.3 Å². The standard InChI is InChI=1S/C13H11FN2OS/c1-8-4-5-9(14)11(7-8)17-10-3-2-6-16-12(10)13(15)18/h2-7H,1H3,(H2,15,18). The SMILES string of the molecule is Cc1ccc(F)c(Oc2cccnc2C(N)=S)c1. The van der Waals surface area contributed by atoms with Crippen molar-refractivity contribution >= 4 is 17.2 Å². The second-order valence-electron chi connectivity index (χ2n) is 3.75. The van der Waals surface area contributed by atoms with Crippen LogP contribution in [-0.2, 0) is 0 Å². The van der Waals surface area contributed by atoms with Crippen LogP contribution in [-0.4, -0.2) is 9.97 Å². The van der Waals surface area contributed by atoms with Gasteiger partial charge in [-0.15, -0.1) is 0 Å². The third-order valence-corrected chi connectivity index (χ3v) is 2.50. The average molecular weight is 262 g/mol. The predicted molar refractivity (Wildman–Crippen MR) is 71.3 cm³/mol. The van der Waals surface area contributed by atoms with E-state index in [9.17, 15) is 4.39 Å². The number of nitrogens with zero attached hydrogens (tertiary/aromatic N) is 1. The molecule has 0 unspecified atom stereocenters. The lowest BCUT2D eigenvalue weighted by Gasteiger charge is -2.10. The fourth-order valence-electron chi connectivity index (χ4n) is 1.47. The van der Waals surface area contributed by atoms with Crippen LogP contribution in [0.4, 0.5) is 4.39 Å². The number of ether oxygens (including phenoxy) is 1. The summed E-state index contributed by atoms with van der Waals surface area (Å²) in [7, 11) is 0. The third-order valence-electron chi connectivity index (χ3n) is 2.31. The van der Waals surface area contributed by atoms with Crippen molar-refractivity contribution in [2.45, 2.75) is 6.92 Å². The third kappa shape index (κ3) is 2.62. The van der Waals surface area contributed by atoms with E-state index in [2.05, 4.69) is 4.98 Å². The minimum atomic E-state index is -0.446. The van der Waals surface area contributed by atoms with E-state index in [1.807, 2.05) is 6.92 Å². The summed E-state index contributed by atoms with van der Waals surface area (Å²) in [5.41, 5.74) is 6.77. The summed E-state index contributed by atoms with van der Waals surface area (Å²) in [6.07, 6.45) is 1.55. The molecule has 0 amide bonds. The maximum Gasteiger partial charge on any atom is 0.165 e. The van der Waals surface area contributed by atoms with Gasteiger partial charge in [-0.05, 0) is 36.8 Å². The van der Waals surface area contributed by atoms with Crippen LogP contribution in [0.1, 0.15) is 11.3 Å². The molecule has 2 rings (SSSR count). The molecule has 0 aliphatic rings. The number of thiocarbonyl (C=S) groups is 1. The second-order valence-corrected chi connectivity index (χ2v) is 4.19. The molecule has 5 heteroatoms. The summed E-state index contributed by atoms with van der Waals surface area (Å²) in [4.78, 5) is 4.12. The zero-order valence-electron chi connectivity index (χ0n) is 9.68. The van der Waals surface area contributed by atoms with Crippen molar-refractivity contribution in [1.82, 2.24) is 4.98 Å². The molecule has 1 aromatic heterocycles. The topological polar surface area (TPSA) is 48.1 Å². The number of benzene rings is 1. The summed E-state index contributed by atoms with van der Waals surface area (Å²) in [6, 6.07) is 7.93. The van der Waals surface area contributed by atoms with E-state index in [1.54, 1.807) is 30.5 Å². The van der Waals surface area contributed by atoms with Gasteiger partial charge < -0.3 is 10.5 Å². The monoisotopic (exact) mass is 262 g/mol. The summed E-state index contributed by atoms with van der Waals surface area (Å²) >= 11 is 4.87. The molecular weight excluding hydrogens is 251 g/mol. The van der Waals surface area contributed by atoms with Gasteiger partial charge in [0.25, 0.3) is 0 Å². The Balaban J connectivity index is 2.40. The maximum atomic E-state index is 13.6. The van der Waals surface area contributed by atoms with Gasteiger partial charge in [0, 0.05) is 6.20 Å². The number of rotatable bonds is 3. The molecule has 0 radical (unpaired) electrons. The van der Waals surface area contributed by atoms with Crippen molar-refractivity contribution < 1.29 is 9.13 Å². The molecule has 0 aliphatic heterocycles. The Bertz CT molecular complexity index is 601. The maximum absolute atomic E-state index is 13.6. The van der Waals surface area contributed by atoms with E-state index >= 15 is 0 Å². The second kappa shape index (κ2) is 5.10. The highest BCUT2D eigenvalue weighted by Crippen LogP contribution is 2.27. The summed E-state index contributed by atoms with van der Waals surface area (Å²) in [6.45, 7) is 1.85. The quantitative estimate of drug-likeness (QED) is 0.864. The highest BCUT2D eigenvalue weighted by Gasteiger charge is 2.11. The van der Waals surface area contributed by atoms with Crippen LogP contribution in [0, 0.1) is 12.7 Å². The van der Waals surface area contributed by atoms with Crippen molar-refractivity contribution in [2.24, 2.45) is 5.73 Å². The van der Waals surface area contributed by atoms with E-state index < -0.39 is 5.82 Å². The van der Waals surface area contributed by atoms with Crippen LogP contribution in [0.3, 0.4) is 0 Å². The molecule has 3 nitrogen and oxygen atoms in total. The fourth-order valence-corrected chi connectivity index (χ4v) is 1.62. The summed E-state index contributed by atoms with van der Waals surface area (Å²) in [5, 5.41) is 0. The molecule has 0 aliphatic carbocycles. The Morgan fingerprint density at radius 3 is 2.83 bits per heavy atom. The summed E-state index contributed by atoms with van der Waals surface area (Å²) in [5.74, 6) is 0.0216. The van der Waals surface area contributed by atoms with Crippen LogP contribution in [0.25, 0.3) is 0 Å². The molecule has 0 saturated carbocycles.